The van der Waals surface area contributed by atoms with E-state index < -0.39 is 5.60 Å². The van der Waals surface area contributed by atoms with Crippen LogP contribution in [0.5, 0.6) is 0 Å². The predicted molar refractivity (Wildman–Crippen MR) is 113 cm³/mol. The maximum absolute atomic E-state index is 12.4. The number of likely N-dealkylation sites (tertiary alicyclic amines) is 1. The lowest BCUT2D eigenvalue weighted by molar-refractivity contribution is -0.117. The van der Waals surface area contributed by atoms with E-state index in [4.69, 9.17) is 16.3 Å². The summed E-state index contributed by atoms with van der Waals surface area (Å²) in [6.07, 6.45) is 1.58. The minimum Gasteiger partial charge on any atom is -0.444 e. The van der Waals surface area contributed by atoms with Gasteiger partial charge in [0, 0.05) is 39.3 Å². The smallest absolute Gasteiger partial charge is 0.410 e. The molecule has 8 heteroatoms. The Hall–Kier alpha value is -2.28. The predicted octanol–water partition coefficient (Wildman–Crippen LogP) is 4.02. The molecule has 0 aromatic heterocycles. The molecular weight excluding hydrogens is 394 g/mol. The van der Waals surface area contributed by atoms with E-state index in [1.165, 1.54) is 4.90 Å². The molecule has 1 saturated heterocycles. The van der Waals surface area contributed by atoms with Crippen LogP contribution in [0, 0.1) is 5.92 Å². The molecule has 2 rings (SSSR count). The minimum atomic E-state index is -0.512. The van der Waals surface area contributed by atoms with Crippen LogP contribution in [0.3, 0.4) is 0 Å². The van der Waals surface area contributed by atoms with Crippen LogP contribution < -0.4 is 5.32 Å². The Labute approximate surface area is 177 Å². The van der Waals surface area contributed by atoms with Gasteiger partial charge in [0.1, 0.15) is 5.60 Å². The van der Waals surface area contributed by atoms with E-state index in [0.717, 1.165) is 12.8 Å². The third-order valence-electron chi connectivity index (χ3n) is 4.63. The molecule has 29 heavy (non-hydrogen) atoms. The molecule has 0 aliphatic carbocycles. The van der Waals surface area contributed by atoms with Crippen molar-refractivity contribution in [3.8, 4) is 0 Å². The van der Waals surface area contributed by atoms with Crippen LogP contribution >= 0.6 is 11.6 Å². The Balaban J connectivity index is 1.84. The fourth-order valence-corrected chi connectivity index (χ4v) is 3.39. The van der Waals surface area contributed by atoms with Gasteiger partial charge in [-0.05, 0) is 57.7 Å². The topological polar surface area (TPSA) is 79.0 Å². The number of anilines is 1. The molecule has 0 radical (unpaired) electrons. The molecule has 1 aliphatic heterocycles. The Morgan fingerprint density at radius 1 is 1.21 bits per heavy atom. The molecule has 1 aromatic carbocycles. The molecule has 3 amide bonds. The molecule has 0 atom stereocenters. The highest BCUT2D eigenvalue weighted by Crippen LogP contribution is 2.25. The van der Waals surface area contributed by atoms with Crippen LogP contribution in [0.2, 0.25) is 5.02 Å². The van der Waals surface area contributed by atoms with Crippen LogP contribution in [0.1, 0.15) is 50.4 Å². The van der Waals surface area contributed by atoms with Crippen molar-refractivity contribution in [3.63, 3.8) is 0 Å². The van der Waals surface area contributed by atoms with Gasteiger partial charge < -0.3 is 19.9 Å². The van der Waals surface area contributed by atoms with Crippen LogP contribution in [0.4, 0.5) is 10.5 Å². The number of benzene rings is 1. The van der Waals surface area contributed by atoms with Gasteiger partial charge >= 0.3 is 6.09 Å². The van der Waals surface area contributed by atoms with E-state index in [2.05, 4.69) is 5.32 Å². The molecule has 160 valence electrons. The summed E-state index contributed by atoms with van der Waals surface area (Å²) >= 11 is 6.19. The second kappa shape index (κ2) is 9.48. The normalized spacial score (nSPS) is 15.0. The molecule has 0 spiro atoms. The van der Waals surface area contributed by atoms with Crippen molar-refractivity contribution in [2.24, 2.45) is 5.92 Å². The second-order valence-electron chi connectivity index (χ2n) is 8.56. The summed E-state index contributed by atoms with van der Waals surface area (Å²) in [5.74, 6) is -0.0909. The van der Waals surface area contributed by atoms with Gasteiger partial charge in [-0.15, -0.1) is 0 Å². The summed E-state index contributed by atoms with van der Waals surface area (Å²) in [6.45, 7) is 6.70. The SMILES string of the molecule is CN(C)C(=O)c1ccc(NC(=O)CC2CCN(C(=O)OC(C)(C)C)CC2)cc1Cl. The van der Waals surface area contributed by atoms with Crippen molar-refractivity contribution in [1.29, 1.82) is 0 Å². The molecular formula is C21H30ClN3O4. The zero-order valence-electron chi connectivity index (χ0n) is 17.8. The summed E-state index contributed by atoms with van der Waals surface area (Å²) < 4.78 is 5.39. The zero-order valence-corrected chi connectivity index (χ0v) is 18.5. The van der Waals surface area contributed by atoms with Gasteiger partial charge in [-0.2, -0.15) is 0 Å². The fourth-order valence-electron chi connectivity index (χ4n) is 3.13. The van der Waals surface area contributed by atoms with E-state index in [0.29, 0.717) is 35.8 Å². The molecule has 0 saturated carbocycles. The van der Waals surface area contributed by atoms with E-state index in [1.807, 2.05) is 20.8 Å². The first-order valence-electron chi connectivity index (χ1n) is 9.75. The van der Waals surface area contributed by atoms with Crippen LogP contribution in [0.15, 0.2) is 18.2 Å². The Morgan fingerprint density at radius 2 is 1.83 bits per heavy atom. The number of carbonyl (C=O) groups excluding carboxylic acids is 3. The Morgan fingerprint density at radius 3 is 2.34 bits per heavy atom. The highest BCUT2D eigenvalue weighted by atomic mass is 35.5. The van der Waals surface area contributed by atoms with Gasteiger partial charge in [-0.25, -0.2) is 4.79 Å². The lowest BCUT2D eigenvalue weighted by Gasteiger charge is -2.33. The monoisotopic (exact) mass is 423 g/mol. The van der Waals surface area contributed by atoms with E-state index in [1.54, 1.807) is 37.2 Å². The van der Waals surface area contributed by atoms with Gasteiger partial charge in [0.2, 0.25) is 5.91 Å². The van der Waals surface area contributed by atoms with Gasteiger partial charge in [-0.3, -0.25) is 9.59 Å². The molecule has 1 heterocycles. The maximum Gasteiger partial charge on any atom is 0.410 e. The largest absolute Gasteiger partial charge is 0.444 e. The second-order valence-corrected chi connectivity index (χ2v) is 8.96. The standard InChI is InChI=1S/C21H30ClN3O4/c1-21(2,3)29-20(28)25-10-8-14(9-11-25)12-18(26)23-15-6-7-16(17(22)13-15)19(27)24(4)5/h6-7,13-14H,8-12H2,1-5H3,(H,23,26). The van der Waals surface area contributed by atoms with Gasteiger partial charge in [0.15, 0.2) is 0 Å². The number of hydrogen-bond donors (Lipinski definition) is 1. The number of carbonyl (C=O) groups is 3. The Kier molecular flexibility index (Phi) is 7.52. The van der Waals surface area contributed by atoms with Crippen molar-refractivity contribution < 1.29 is 19.1 Å². The van der Waals surface area contributed by atoms with Crippen molar-refractivity contribution in [2.45, 2.75) is 45.6 Å². The molecule has 1 aromatic rings. The average Bonchev–Trinajstić information content (AvgIpc) is 2.60. The maximum atomic E-state index is 12.4. The molecule has 7 nitrogen and oxygen atoms in total. The van der Waals surface area contributed by atoms with Gasteiger partial charge in [0.05, 0.1) is 10.6 Å². The number of amides is 3. The molecule has 1 N–H and O–H groups in total. The summed E-state index contributed by atoms with van der Waals surface area (Å²) in [6, 6.07) is 4.87. The summed E-state index contributed by atoms with van der Waals surface area (Å²) in [7, 11) is 3.31. The molecule has 0 bridgehead atoms. The lowest BCUT2D eigenvalue weighted by Crippen LogP contribution is -2.42. The molecule has 1 aliphatic rings. The number of hydrogen-bond acceptors (Lipinski definition) is 4. The number of nitrogens with zero attached hydrogens (tertiary/aromatic N) is 2. The van der Waals surface area contributed by atoms with Crippen molar-refractivity contribution in [3.05, 3.63) is 28.8 Å². The third kappa shape index (κ3) is 6.92. The summed E-state index contributed by atoms with van der Waals surface area (Å²) in [5, 5.41) is 3.14. The van der Waals surface area contributed by atoms with Crippen LogP contribution in [-0.2, 0) is 9.53 Å². The first-order chi connectivity index (χ1) is 13.5. The number of halogens is 1. The number of rotatable bonds is 4. The lowest BCUT2D eigenvalue weighted by atomic mass is 9.93. The highest BCUT2D eigenvalue weighted by Gasteiger charge is 2.27. The number of piperidine rings is 1. The van der Waals surface area contributed by atoms with Crippen LogP contribution in [0.25, 0.3) is 0 Å². The quantitative estimate of drug-likeness (QED) is 0.793. The van der Waals surface area contributed by atoms with Gasteiger partial charge in [-0.1, -0.05) is 11.6 Å². The van der Waals surface area contributed by atoms with E-state index >= 15 is 0 Å². The number of nitrogens with one attached hydrogen (secondary N) is 1. The fraction of sp³-hybridized carbons (Fsp3) is 0.571. The highest BCUT2D eigenvalue weighted by molar-refractivity contribution is 6.34. The number of ether oxygens (including phenoxy) is 1. The summed E-state index contributed by atoms with van der Waals surface area (Å²) in [4.78, 5) is 39.7. The molecule has 1 fully saturated rings. The van der Waals surface area contributed by atoms with E-state index in [-0.39, 0.29) is 23.8 Å². The van der Waals surface area contributed by atoms with E-state index in [9.17, 15) is 14.4 Å². The zero-order chi connectivity index (χ0) is 21.8. The molecule has 0 unspecified atom stereocenters. The van der Waals surface area contributed by atoms with Crippen molar-refractivity contribution in [2.75, 3.05) is 32.5 Å². The first kappa shape index (κ1) is 23.0. The first-order valence-corrected chi connectivity index (χ1v) is 10.1. The minimum absolute atomic E-state index is 0.108. The van der Waals surface area contributed by atoms with Gasteiger partial charge in [0.25, 0.3) is 5.91 Å². The van der Waals surface area contributed by atoms with Crippen molar-refractivity contribution in [1.82, 2.24) is 9.80 Å². The van der Waals surface area contributed by atoms with Crippen LogP contribution in [-0.4, -0.2) is 60.5 Å². The average molecular weight is 424 g/mol. The Bertz CT molecular complexity index is 766. The summed E-state index contributed by atoms with van der Waals surface area (Å²) in [5.41, 5.74) is 0.438. The van der Waals surface area contributed by atoms with Crippen molar-refractivity contribution >= 4 is 35.2 Å². The third-order valence-corrected chi connectivity index (χ3v) is 4.94.